The fourth-order valence-corrected chi connectivity index (χ4v) is 6.44. The normalized spacial score (nSPS) is 15.3. The molecule has 3 aromatic carbocycles. The lowest BCUT2D eigenvalue weighted by molar-refractivity contribution is -0.139. The van der Waals surface area contributed by atoms with Gasteiger partial charge in [-0.05, 0) is 71.9 Å². The van der Waals surface area contributed by atoms with E-state index in [0.29, 0.717) is 45.7 Å². The molecule has 0 spiro atoms. The molecule has 2 aliphatic rings. The molecule has 280 valence electrons. The molecule has 2 N–H and O–H groups in total. The first-order valence-corrected chi connectivity index (χ1v) is 17.5. The minimum Gasteiger partial charge on any atom is -0.480 e. The minimum absolute atomic E-state index is 0.170. The number of carbonyl (C=O) groups excluding carboxylic acids is 1. The molecular formula is C40H44F3N5O5. The SMILES string of the molecule is CC(F)F.CNC(Cc1cccc2c(-c3nccc4ccncc34)cccc12)C(=O)O.O=Cc1c(F)cc(N2CCOCC2)cc1CN1CCOCC1. The summed E-state index contributed by atoms with van der Waals surface area (Å²) in [5.41, 5.74) is 4.64. The summed E-state index contributed by atoms with van der Waals surface area (Å²) in [6, 6.07) is 18.8. The number of ether oxygens (including phenoxy) is 2. The second-order valence-corrected chi connectivity index (χ2v) is 12.6. The Morgan fingerprint density at radius 2 is 1.58 bits per heavy atom. The third-order valence-electron chi connectivity index (χ3n) is 9.10. The Morgan fingerprint density at radius 3 is 2.26 bits per heavy atom. The second kappa shape index (κ2) is 19.2. The van der Waals surface area contributed by atoms with Crippen molar-refractivity contribution in [2.24, 2.45) is 0 Å². The van der Waals surface area contributed by atoms with Crippen molar-refractivity contribution in [2.75, 3.05) is 64.6 Å². The van der Waals surface area contributed by atoms with Crippen molar-refractivity contribution < 1.29 is 37.3 Å². The number of anilines is 1. The third kappa shape index (κ3) is 10.4. The van der Waals surface area contributed by atoms with Gasteiger partial charge in [-0.2, -0.15) is 0 Å². The number of aliphatic carboxylic acids is 1. The van der Waals surface area contributed by atoms with E-state index in [9.17, 15) is 27.9 Å². The summed E-state index contributed by atoms with van der Waals surface area (Å²) in [5.74, 6) is -1.30. The van der Waals surface area contributed by atoms with Crippen molar-refractivity contribution in [1.29, 1.82) is 0 Å². The molecule has 0 bridgehead atoms. The van der Waals surface area contributed by atoms with Gasteiger partial charge in [0.15, 0.2) is 6.29 Å². The van der Waals surface area contributed by atoms with Crippen molar-refractivity contribution in [3.63, 3.8) is 0 Å². The molecule has 1 atom stereocenters. The number of morpholine rings is 2. The number of likely N-dealkylation sites (N-methyl/N-ethyl adjacent to an activating group) is 1. The van der Waals surface area contributed by atoms with Gasteiger partial charge < -0.3 is 24.8 Å². The highest BCUT2D eigenvalue weighted by atomic mass is 19.3. The first-order valence-electron chi connectivity index (χ1n) is 17.5. The Labute approximate surface area is 306 Å². The van der Waals surface area contributed by atoms with Gasteiger partial charge in [0.25, 0.3) is 0 Å². The van der Waals surface area contributed by atoms with Crippen LogP contribution in [0.3, 0.4) is 0 Å². The van der Waals surface area contributed by atoms with Crippen LogP contribution in [0, 0.1) is 5.82 Å². The molecule has 53 heavy (non-hydrogen) atoms. The predicted molar refractivity (Wildman–Crippen MR) is 199 cm³/mol. The molecule has 10 nitrogen and oxygen atoms in total. The van der Waals surface area contributed by atoms with Crippen molar-refractivity contribution in [3.8, 4) is 11.3 Å². The average Bonchev–Trinajstić information content (AvgIpc) is 3.17. The zero-order valence-electron chi connectivity index (χ0n) is 29.8. The van der Waals surface area contributed by atoms with Crippen LogP contribution in [0.25, 0.3) is 32.8 Å². The number of fused-ring (bicyclic) bond motifs is 2. The fourth-order valence-electron chi connectivity index (χ4n) is 6.44. The molecule has 7 rings (SSSR count). The van der Waals surface area contributed by atoms with Crippen LogP contribution in [-0.4, -0.2) is 104 Å². The lowest BCUT2D eigenvalue weighted by Gasteiger charge is -2.31. The van der Waals surface area contributed by atoms with Crippen LogP contribution in [0.1, 0.15) is 28.4 Å². The zero-order valence-corrected chi connectivity index (χ0v) is 29.8. The Bertz CT molecular complexity index is 1980. The molecule has 2 fully saturated rings. The number of carboxylic acid groups (broad SMARTS) is 1. The number of rotatable bonds is 9. The van der Waals surface area contributed by atoms with Gasteiger partial charge in [-0.3, -0.25) is 24.5 Å². The van der Waals surface area contributed by atoms with E-state index in [4.69, 9.17) is 9.47 Å². The van der Waals surface area contributed by atoms with E-state index in [1.54, 1.807) is 13.2 Å². The van der Waals surface area contributed by atoms with E-state index in [2.05, 4.69) is 31.2 Å². The molecule has 2 saturated heterocycles. The first kappa shape index (κ1) is 39.3. The monoisotopic (exact) mass is 731 g/mol. The van der Waals surface area contributed by atoms with Gasteiger partial charge >= 0.3 is 5.97 Å². The molecule has 13 heteroatoms. The Hall–Kier alpha value is -4.95. The molecule has 0 saturated carbocycles. The lowest BCUT2D eigenvalue weighted by atomic mass is 9.94. The number of nitrogens with zero attached hydrogens (tertiary/aromatic N) is 4. The minimum atomic E-state index is -2.17. The van der Waals surface area contributed by atoms with Crippen LogP contribution in [0.4, 0.5) is 18.9 Å². The maximum Gasteiger partial charge on any atom is 0.321 e. The molecule has 0 amide bonds. The van der Waals surface area contributed by atoms with Gasteiger partial charge in [0.05, 0.1) is 37.7 Å². The van der Waals surface area contributed by atoms with Gasteiger partial charge in [0.2, 0.25) is 6.43 Å². The van der Waals surface area contributed by atoms with Crippen LogP contribution in [0.5, 0.6) is 0 Å². The van der Waals surface area contributed by atoms with Crippen molar-refractivity contribution in [1.82, 2.24) is 20.2 Å². The summed E-state index contributed by atoms with van der Waals surface area (Å²) >= 11 is 0. The van der Waals surface area contributed by atoms with Crippen LogP contribution < -0.4 is 10.2 Å². The number of carboxylic acids is 1. The molecular weight excluding hydrogens is 687 g/mol. The summed E-state index contributed by atoms with van der Waals surface area (Å²) in [5, 5.41) is 16.4. The first-order chi connectivity index (χ1) is 25.7. The molecule has 5 aromatic rings. The molecule has 0 radical (unpaired) electrons. The number of nitrogens with one attached hydrogen (secondary N) is 1. The average molecular weight is 732 g/mol. The lowest BCUT2D eigenvalue weighted by Crippen LogP contribution is -2.37. The van der Waals surface area contributed by atoms with Gasteiger partial charge in [-0.1, -0.05) is 36.4 Å². The summed E-state index contributed by atoms with van der Waals surface area (Å²) in [4.78, 5) is 35.8. The Kier molecular flexibility index (Phi) is 14.2. The highest BCUT2D eigenvalue weighted by Crippen LogP contribution is 2.33. The molecule has 1 unspecified atom stereocenters. The molecule has 2 aliphatic heterocycles. The molecule has 4 heterocycles. The number of hydrogen-bond acceptors (Lipinski definition) is 9. The number of aromatic nitrogens is 2. The summed E-state index contributed by atoms with van der Waals surface area (Å²) < 4.78 is 45.6. The predicted octanol–water partition coefficient (Wildman–Crippen LogP) is 6.24. The van der Waals surface area contributed by atoms with E-state index >= 15 is 0 Å². The largest absolute Gasteiger partial charge is 0.480 e. The highest BCUT2D eigenvalue weighted by molar-refractivity contribution is 6.04. The van der Waals surface area contributed by atoms with Crippen LogP contribution in [-0.2, 0) is 27.2 Å². The van der Waals surface area contributed by atoms with Crippen molar-refractivity contribution in [3.05, 3.63) is 102 Å². The van der Waals surface area contributed by atoms with E-state index in [1.807, 2.05) is 60.9 Å². The van der Waals surface area contributed by atoms with Crippen LogP contribution >= 0.6 is 0 Å². The number of hydrogen-bond donors (Lipinski definition) is 2. The van der Waals surface area contributed by atoms with Crippen LogP contribution in [0.15, 0.2) is 79.3 Å². The van der Waals surface area contributed by atoms with Crippen LogP contribution in [0.2, 0.25) is 0 Å². The number of alkyl halides is 2. The number of carbonyl (C=O) groups is 2. The quantitative estimate of drug-likeness (QED) is 0.169. The van der Waals surface area contributed by atoms with Crippen molar-refractivity contribution >= 4 is 39.5 Å². The number of halogens is 3. The maximum absolute atomic E-state index is 14.3. The maximum atomic E-state index is 14.3. The molecule has 2 aromatic heterocycles. The third-order valence-corrected chi connectivity index (χ3v) is 9.10. The van der Waals surface area contributed by atoms with E-state index < -0.39 is 24.3 Å². The highest BCUT2D eigenvalue weighted by Gasteiger charge is 2.20. The van der Waals surface area contributed by atoms with Gasteiger partial charge in [0, 0.05) is 68.0 Å². The van der Waals surface area contributed by atoms with Gasteiger partial charge in [0.1, 0.15) is 11.9 Å². The summed E-state index contributed by atoms with van der Waals surface area (Å²) in [6.45, 7) is 7.18. The molecule has 0 aliphatic carbocycles. The summed E-state index contributed by atoms with van der Waals surface area (Å²) in [6.07, 6.45) is 4.28. The van der Waals surface area contributed by atoms with E-state index in [0.717, 1.165) is 82.7 Å². The standard InChI is InChI=1S/C22H19N3O2.C16H21FN2O3.C2H4F2/c1-23-20(22(26)27)12-15-4-2-6-17-16(15)5-3-7-18(17)21-19-13-24-10-8-14(19)9-11-25-21;17-16-10-14(19-3-7-22-8-4-19)9-13(15(16)12-20)11-18-1-5-21-6-2-18;1-2(3)4/h2-11,13,20,23H,12H2,1H3,(H,26,27);9-10,12H,1-8,11H2;2H,1H3. The zero-order chi connectivity index (χ0) is 37.7. The van der Waals surface area contributed by atoms with E-state index in [-0.39, 0.29) is 5.56 Å². The number of pyridine rings is 2. The Balaban J connectivity index is 0.000000189. The smallest absolute Gasteiger partial charge is 0.321 e. The summed E-state index contributed by atoms with van der Waals surface area (Å²) in [7, 11) is 1.67. The van der Waals surface area contributed by atoms with Crippen molar-refractivity contribution in [2.45, 2.75) is 32.4 Å². The van der Waals surface area contributed by atoms with E-state index in [1.165, 1.54) is 6.07 Å². The number of benzene rings is 3. The Morgan fingerprint density at radius 1 is 0.925 bits per heavy atom. The number of aldehydes is 1. The topological polar surface area (TPSA) is 117 Å². The fraction of sp³-hybridized carbons (Fsp3) is 0.350. The van der Waals surface area contributed by atoms with Gasteiger partial charge in [-0.15, -0.1) is 0 Å². The van der Waals surface area contributed by atoms with Gasteiger partial charge in [-0.25, -0.2) is 13.2 Å². The second-order valence-electron chi connectivity index (χ2n) is 12.6.